The number of hydrogen-bond donors (Lipinski definition) is 3. The molecular formula is C13H12F3N3O2. The minimum atomic E-state index is -4.68. The van der Waals surface area contributed by atoms with Crippen LogP contribution >= 0.6 is 0 Å². The number of hydrogen-bond acceptors (Lipinski definition) is 4. The van der Waals surface area contributed by atoms with Crippen LogP contribution in [0.25, 0.3) is 5.70 Å². The van der Waals surface area contributed by atoms with E-state index in [0.29, 0.717) is 6.08 Å². The Hall–Kier alpha value is -2.51. The molecule has 1 aromatic heterocycles. The van der Waals surface area contributed by atoms with Crippen molar-refractivity contribution in [1.82, 2.24) is 10.3 Å². The molecule has 0 saturated heterocycles. The van der Waals surface area contributed by atoms with Gasteiger partial charge in [-0.2, -0.15) is 13.2 Å². The van der Waals surface area contributed by atoms with Crippen molar-refractivity contribution < 1.29 is 23.1 Å². The van der Waals surface area contributed by atoms with E-state index in [9.17, 15) is 23.1 Å². The summed E-state index contributed by atoms with van der Waals surface area (Å²) in [5, 5.41) is 11.6. The van der Waals surface area contributed by atoms with Crippen molar-refractivity contribution in [2.75, 3.05) is 0 Å². The highest BCUT2D eigenvalue weighted by Gasteiger charge is 2.45. The number of aliphatic carboxylic acids is 1. The van der Waals surface area contributed by atoms with E-state index >= 15 is 0 Å². The first-order valence-corrected chi connectivity index (χ1v) is 5.87. The average Bonchev–Trinajstić information content (AvgIpc) is 2.41. The third-order valence-electron chi connectivity index (χ3n) is 3.20. The van der Waals surface area contributed by atoms with Crippen LogP contribution in [0.15, 0.2) is 41.9 Å². The van der Waals surface area contributed by atoms with E-state index in [1.54, 1.807) is 0 Å². The summed E-state index contributed by atoms with van der Waals surface area (Å²) in [4.78, 5) is 15.1. The van der Waals surface area contributed by atoms with E-state index < -0.39 is 29.0 Å². The molecule has 0 bridgehead atoms. The second-order valence-corrected chi connectivity index (χ2v) is 4.68. The Morgan fingerprint density at radius 2 is 2.14 bits per heavy atom. The lowest BCUT2D eigenvalue weighted by Gasteiger charge is -2.34. The second kappa shape index (κ2) is 4.80. The quantitative estimate of drug-likeness (QED) is 0.772. The SMILES string of the molecule is CC1(C(=O)O)NC(c2cccnc2)=C(C(F)(F)F)C=C1N. The summed E-state index contributed by atoms with van der Waals surface area (Å²) >= 11 is 0. The molecule has 1 atom stereocenters. The maximum atomic E-state index is 13.1. The Labute approximate surface area is 118 Å². The number of carboxylic acid groups (broad SMARTS) is 1. The van der Waals surface area contributed by atoms with E-state index in [0.717, 1.165) is 0 Å². The van der Waals surface area contributed by atoms with Crippen molar-refractivity contribution in [1.29, 1.82) is 0 Å². The molecule has 0 fully saturated rings. The van der Waals surface area contributed by atoms with Gasteiger partial charge in [0.1, 0.15) is 0 Å². The summed E-state index contributed by atoms with van der Waals surface area (Å²) in [7, 11) is 0. The number of halogens is 3. The van der Waals surface area contributed by atoms with E-state index in [-0.39, 0.29) is 11.3 Å². The predicted molar refractivity (Wildman–Crippen MR) is 68.7 cm³/mol. The van der Waals surface area contributed by atoms with Crippen molar-refractivity contribution in [3.05, 3.63) is 47.4 Å². The number of allylic oxidation sites excluding steroid dienone is 2. The molecule has 1 aromatic rings. The summed E-state index contributed by atoms with van der Waals surface area (Å²) in [5.41, 5.74) is 1.99. The molecule has 8 heteroatoms. The summed E-state index contributed by atoms with van der Waals surface area (Å²) < 4.78 is 39.4. The van der Waals surface area contributed by atoms with Gasteiger partial charge in [0.2, 0.25) is 0 Å². The molecule has 112 valence electrons. The first-order valence-electron chi connectivity index (χ1n) is 5.87. The van der Waals surface area contributed by atoms with Crippen LogP contribution in [0.2, 0.25) is 0 Å². The van der Waals surface area contributed by atoms with Gasteiger partial charge in [-0.3, -0.25) is 4.98 Å². The van der Waals surface area contributed by atoms with Gasteiger partial charge in [-0.05, 0) is 25.1 Å². The molecule has 0 aliphatic carbocycles. The number of nitrogens with one attached hydrogen (secondary N) is 1. The fourth-order valence-corrected chi connectivity index (χ4v) is 1.90. The smallest absolute Gasteiger partial charge is 0.418 e. The van der Waals surface area contributed by atoms with Crippen LogP contribution in [-0.4, -0.2) is 27.8 Å². The van der Waals surface area contributed by atoms with Crippen LogP contribution in [0, 0.1) is 0 Å². The lowest BCUT2D eigenvalue weighted by atomic mass is 9.89. The second-order valence-electron chi connectivity index (χ2n) is 4.68. The average molecular weight is 299 g/mol. The largest absolute Gasteiger partial charge is 0.479 e. The zero-order valence-electron chi connectivity index (χ0n) is 10.9. The van der Waals surface area contributed by atoms with Crippen LogP contribution in [-0.2, 0) is 4.79 Å². The Balaban J connectivity index is 2.66. The molecular weight excluding hydrogens is 287 g/mol. The molecule has 1 aliphatic heterocycles. The summed E-state index contributed by atoms with van der Waals surface area (Å²) in [6.07, 6.45) is -1.41. The van der Waals surface area contributed by atoms with Gasteiger partial charge in [-0.15, -0.1) is 0 Å². The normalized spacial score (nSPS) is 22.6. The summed E-state index contributed by atoms with van der Waals surface area (Å²) in [5.74, 6) is -1.38. The first kappa shape index (κ1) is 14.9. The van der Waals surface area contributed by atoms with Gasteiger partial charge in [-0.1, -0.05) is 0 Å². The third-order valence-corrected chi connectivity index (χ3v) is 3.20. The van der Waals surface area contributed by atoms with Gasteiger partial charge in [0.15, 0.2) is 5.54 Å². The highest BCUT2D eigenvalue weighted by molar-refractivity contribution is 5.88. The maximum Gasteiger partial charge on any atom is 0.418 e. The molecule has 5 nitrogen and oxygen atoms in total. The molecule has 0 aromatic carbocycles. The van der Waals surface area contributed by atoms with Crippen molar-refractivity contribution in [3.8, 4) is 0 Å². The minimum absolute atomic E-state index is 0.126. The van der Waals surface area contributed by atoms with E-state index in [2.05, 4.69) is 10.3 Å². The van der Waals surface area contributed by atoms with Gasteiger partial charge >= 0.3 is 12.1 Å². The Morgan fingerprint density at radius 3 is 2.62 bits per heavy atom. The molecule has 1 aliphatic rings. The monoisotopic (exact) mass is 299 g/mol. The molecule has 2 heterocycles. The van der Waals surface area contributed by atoms with Gasteiger partial charge in [0.05, 0.1) is 11.3 Å². The summed E-state index contributed by atoms with van der Waals surface area (Å²) in [6.45, 7) is 1.20. The third kappa shape index (κ3) is 2.56. The Bertz CT molecular complexity index is 638. The highest BCUT2D eigenvalue weighted by Crippen LogP contribution is 2.37. The lowest BCUT2D eigenvalue weighted by Crippen LogP contribution is -2.54. The maximum absolute atomic E-state index is 13.1. The first-order chi connectivity index (χ1) is 9.66. The van der Waals surface area contributed by atoms with E-state index in [1.807, 2.05) is 0 Å². The fourth-order valence-electron chi connectivity index (χ4n) is 1.90. The number of nitrogens with zero attached hydrogens (tertiary/aromatic N) is 1. The van der Waals surface area contributed by atoms with Crippen molar-refractivity contribution >= 4 is 11.7 Å². The predicted octanol–water partition coefficient (Wildman–Crippen LogP) is 1.64. The Morgan fingerprint density at radius 1 is 1.48 bits per heavy atom. The Kier molecular flexibility index (Phi) is 3.40. The zero-order chi connectivity index (χ0) is 15.8. The molecule has 0 radical (unpaired) electrons. The molecule has 2 rings (SSSR count). The fraction of sp³-hybridized carbons (Fsp3) is 0.231. The molecule has 21 heavy (non-hydrogen) atoms. The zero-order valence-corrected chi connectivity index (χ0v) is 10.9. The highest BCUT2D eigenvalue weighted by atomic mass is 19.4. The van der Waals surface area contributed by atoms with Gasteiger partial charge in [-0.25, -0.2) is 4.79 Å². The van der Waals surface area contributed by atoms with Crippen molar-refractivity contribution in [2.45, 2.75) is 18.6 Å². The van der Waals surface area contributed by atoms with Gasteiger partial charge in [0, 0.05) is 23.7 Å². The molecule has 0 saturated carbocycles. The van der Waals surface area contributed by atoms with Crippen molar-refractivity contribution in [2.24, 2.45) is 5.73 Å². The number of dihydropyridines is 1. The molecule has 0 amide bonds. The minimum Gasteiger partial charge on any atom is -0.479 e. The van der Waals surface area contributed by atoms with Gasteiger partial charge in [0.25, 0.3) is 0 Å². The lowest BCUT2D eigenvalue weighted by molar-refractivity contribution is -0.142. The number of nitrogens with two attached hydrogens (primary N) is 1. The summed E-state index contributed by atoms with van der Waals surface area (Å²) in [6, 6.07) is 2.86. The van der Waals surface area contributed by atoms with Crippen LogP contribution in [0.5, 0.6) is 0 Å². The van der Waals surface area contributed by atoms with Crippen LogP contribution in [0.3, 0.4) is 0 Å². The molecule has 1 unspecified atom stereocenters. The van der Waals surface area contributed by atoms with E-state index in [4.69, 9.17) is 5.73 Å². The van der Waals surface area contributed by atoms with Crippen LogP contribution in [0.1, 0.15) is 12.5 Å². The number of pyridine rings is 1. The van der Waals surface area contributed by atoms with Crippen LogP contribution in [0.4, 0.5) is 13.2 Å². The number of carboxylic acids is 1. The number of rotatable bonds is 2. The standard InChI is InChI=1S/C13H12F3N3O2/c1-12(11(20)21)9(17)5-8(13(14,15)16)10(19-12)7-3-2-4-18-6-7/h2-6,19H,17H2,1H3,(H,20,21). The van der Waals surface area contributed by atoms with Crippen molar-refractivity contribution in [3.63, 3.8) is 0 Å². The molecule has 0 spiro atoms. The molecule has 4 N–H and O–H groups in total. The van der Waals surface area contributed by atoms with Gasteiger partial charge < -0.3 is 16.2 Å². The van der Waals surface area contributed by atoms with E-state index in [1.165, 1.54) is 31.5 Å². The number of aromatic nitrogens is 1. The van der Waals surface area contributed by atoms with Crippen LogP contribution < -0.4 is 11.1 Å². The number of carbonyl (C=O) groups is 1. The topological polar surface area (TPSA) is 88.2 Å². The number of alkyl halides is 3.